The highest BCUT2D eigenvalue weighted by molar-refractivity contribution is 7.89. The van der Waals surface area contributed by atoms with Gasteiger partial charge in [-0.15, -0.1) is 11.3 Å². The van der Waals surface area contributed by atoms with Crippen LogP contribution in [0.1, 0.15) is 11.9 Å². The SMILES string of the molecule is CC(=O)Nc1cccc(S(=O)(=O)NCCc2nccs2)c1. The van der Waals surface area contributed by atoms with Crippen molar-refractivity contribution < 1.29 is 13.2 Å². The van der Waals surface area contributed by atoms with Gasteiger partial charge in [-0.25, -0.2) is 18.1 Å². The minimum atomic E-state index is -3.60. The molecule has 0 saturated carbocycles. The fraction of sp³-hybridized carbons (Fsp3) is 0.231. The number of hydrogen-bond donors (Lipinski definition) is 2. The lowest BCUT2D eigenvalue weighted by atomic mass is 10.3. The summed E-state index contributed by atoms with van der Waals surface area (Å²) in [5.41, 5.74) is 0.449. The maximum atomic E-state index is 12.2. The summed E-state index contributed by atoms with van der Waals surface area (Å²) in [6.07, 6.45) is 2.23. The second-order valence-electron chi connectivity index (χ2n) is 4.28. The van der Waals surface area contributed by atoms with Crippen molar-refractivity contribution in [1.82, 2.24) is 9.71 Å². The van der Waals surface area contributed by atoms with E-state index < -0.39 is 10.0 Å². The van der Waals surface area contributed by atoms with Crippen LogP contribution in [-0.4, -0.2) is 25.9 Å². The van der Waals surface area contributed by atoms with Gasteiger partial charge in [0.25, 0.3) is 0 Å². The summed E-state index contributed by atoms with van der Waals surface area (Å²) < 4.78 is 26.8. The monoisotopic (exact) mass is 325 g/mol. The second-order valence-corrected chi connectivity index (χ2v) is 7.03. The van der Waals surface area contributed by atoms with Crippen molar-refractivity contribution in [3.8, 4) is 0 Å². The van der Waals surface area contributed by atoms with Crippen molar-refractivity contribution in [2.75, 3.05) is 11.9 Å². The van der Waals surface area contributed by atoms with Gasteiger partial charge in [0.05, 0.1) is 9.90 Å². The zero-order chi connectivity index (χ0) is 15.3. The third kappa shape index (κ3) is 4.62. The number of anilines is 1. The first-order chi connectivity index (χ1) is 9.97. The predicted octanol–water partition coefficient (Wildman–Crippen LogP) is 1.62. The maximum absolute atomic E-state index is 12.2. The highest BCUT2D eigenvalue weighted by Crippen LogP contribution is 2.15. The average molecular weight is 325 g/mol. The van der Waals surface area contributed by atoms with Crippen molar-refractivity contribution in [3.05, 3.63) is 40.8 Å². The molecule has 21 heavy (non-hydrogen) atoms. The lowest BCUT2D eigenvalue weighted by Gasteiger charge is -2.08. The molecule has 1 heterocycles. The fourth-order valence-corrected chi connectivity index (χ4v) is 3.39. The van der Waals surface area contributed by atoms with Crippen LogP contribution < -0.4 is 10.0 Å². The molecule has 0 unspecified atom stereocenters. The lowest BCUT2D eigenvalue weighted by molar-refractivity contribution is -0.114. The Labute approximate surface area is 127 Å². The van der Waals surface area contributed by atoms with E-state index in [1.807, 2.05) is 5.38 Å². The number of carbonyl (C=O) groups excluding carboxylic acids is 1. The number of thiazole rings is 1. The van der Waals surface area contributed by atoms with E-state index in [2.05, 4.69) is 15.0 Å². The summed E-state index contributed by atoms with van der Waals surface area (Å²) in [5.74, 6) is -0.249. The van der Waals surface area contributed by atoms with Gasteiger partial charge < -0.3 is 5.32 Å². The topological polar surface area (TPSA) is 88.2 Å². The molecule has 0 aliphatic heterocycles. The summed E-state index contributed by atoms with van der Waals surface area (Å²) in [7, 11) is -3.60. The normalized spacial score (nSPS) is 11.3. The van der Waals surface area contributed by atoms with Gasteiger partial charge in [-0.3, -0.25) is 4.79 Å². The van der Waals surface area contributed by atoms with Gasteiger partial charge in [0.2, 0.25) is 15.9 Å². The van der Waals surface area contributed by atoms with Gasteiger partial charge >= 0.3 is 0 Å². The zero-order valence-electron chi connectivity index (χ0n) is 11.4. The van der Waals surface area contributed by atoms with Crippen molar-refractivity contribution in [2.24, 2.45) is 0 Å². The predicted molar refractivity (Wildman–Crippen MR) is 81.8 cm³/mol. The standard InChI is InChI=1S/C13H15N3O3S2/c1-10(17)16-11-3-2-4-12(9-11)21(18,19)15-6-5-13-14-7-8-20-13/h2-4,7-9,15H,5-6H2,1H3,(H,16,17). The van der Waals surface area contributed by atoms with Crippen molar-refractivity contribution in [3.63, 3.8) is 0 Å². The van der Waals surface area contributed by atoms with Crippen molar-refractivity contribution in [2.45, 2.75) is 18.2 Å². The molecular weight excluding hydrogens is 310 g/mol. The highest BCUT2D eigenvalue weighted by Gasteiger charge is 2.14. The van der Waals surface area contributed by atoms with Gasteiger partial charge in [-0.2, -0.15) is 0 Å². The number of rotatable bonds is 6. The van der Waals surface area contributed by atoms with Crippen LogP contribution >= 0.6 is 11.3 Å². The molecule has 1 aromatic heterocycles. The van der Waals surface area contributed by atoms with Crippen LogP contribution in [-0.2, 0) is 21.2 Å². The third-order valence-corrected chi connectivity index (χ3v) is 4.88. The Balaban J connectivity index is 2.03. The van der Waals surface area contributed by atoms with Gasteiger partial charge in [-0.1, -0.05) is 6.07 Å². The maximum Gasteiger partial charge on any atom is 0.240 e. The van der Waals surface area contributed by atoms with Crippen LogP contribution in [0.15, 0.2) is 40.7 Å². The van der Waals surface area contributed by atoms with Crippen LogP contribution in [0.4, 0.5) is 5.69 Å². The molecule has 0 fully saturated rings. The van der Waals surface area contributed by atoms with Crippen LogP contribution in [0.2, 0.25) is 0 Å². The Morgan fingerprint density at radius 3 is 2.86 bits per heavy atom. The van der Waals surface area contributed by atoms with Crippen molar-refractivity contribution in [1.29, 1.82) is 0 Å². The molecule has 0 radical (unpaired) electrons. The molecule has 1 aromatic carbocycles. The molecule has 6 nitrogen and oxygen atoms in total. The average Bonchev–Trinajstić information content (AvgIpc) is 2.91. The minimum absolute atomic E-state index is 0.118. The van der Waals surface area contributed by atoms with Crippen LogP contribution in [0.3, 0.4) is 0 Å². The molecule has 0 spiro atoms. The summed E-state index contributed by atoms with van der Waals surface area (Å²) in [6.45, 7) is 1.65. The van der Waals surface area contributed by atoms with E-state index in [9.17, 15) is 13.2 Å². The smallest absolute Gasteiger partial charge is 0.240 e. The van der Waals surface area contributed by atoms with E-state index >= 15 is 0 Å². The Morgan fingerprint density at radius 1 is 1.38 bits per heavy atom. The minimum Gasteiger partial charge on any atom is -0.326 e. The molecule has 0 aliphatic rings. The van der Waals surface area contributed by atoms with E-state index in [0.717, 1.165) is 5.01 Å². The quantitative estimate of drug-likeness (QED) is 0.845. The number of hydrogen-bond acceptors (Lipinski definition) is 5. The summed E-state index contributed by atoms with van der Waals surface area (Å²) in [6, 6.07) is 6.13. The van der Waals surface area contributed by atoms with E-state index in [4.69, 9.17) is 0 Å². The van der Waals surface area contributed by atoms with E-state index in [-0.39, 0.29) is 17.3 Å². The van der Waals surface area contributed by atoms with Crippen LogP contribution in [0.5, 0.6) is 0 Å². The molecule has 112 valence electrons. The summed E-state index contributed by atoms with van der Waals surface area (Å²) in [4.78, 5) is 15.2. The molecule has 2 N–H and O–H groups in total. The Bertz CT molecular complexity index is 712. The van der Waals surface area contributed by atoms with Gasteiger partial charge in [0, 0.05) is 37.2 Å². The number of carbonyl (C=O) groups is 1. The third-order valence-electron chi connectivity index (χ3n) is 2.58. The second kappa shape index (κ2) is 6.79. The molecule has 1 amide bonds. The molecule has 8 heteroatoms. The first-order valence-corrected chi connectivity index (χ1v) is 8.59. The number of benzene rings is 1. The van der Waals surface area contributed by atoms with Crippen molar-refractivity contribution >= 4 is 33.0 Å². The van der Waals surface area contributed by atoms with E-state index in [1.54, 1.807) is 18.3 Å². The number of nitrogens with zero attached hydrogens (tertiary/aromatic N) is 1. The number of aromatic nitrogens is 1. The number of amides is 1. The molecule has 2 rings (SSSR count). The van der Waals surface area contributed by atoms with Crippen LogP contribution in [0, 0.1) is 0 Å². The molecule has 0 saturated heterocycles. The Morgan fingerprint density at radius 2 is 2.19 bits per heavy atom. The number of sulfonamides is 1. The summed E-state index contributed by atoms with van der Waals surface area (Å²) >= 11 is 1.49. The fourth-order valence-electron chi connectivity index (χ4n) is 1.70. The lowest BCUT2D eigenvalue weighted by Crippen LogP contribution is -2.26. The van der Waals surface area contributed by atoms with Gasteiger partial charge in [-0.05, 0) is 18.2 Å². The van der Waals surface area contributed by atoms with Crippen LogP contribution in [0.25, 0.3) is 0 Å². The Kier molecular flexibility index (Phi) is 5.05. The highest BCUT2D eigenvalue weighted by atomic mass is 32.2. The first kappa shape index (κ1) is 15.6. The molecule has 2 aromatic rings. The van der Waals surface area contributed by atoms with Gasteiger partial charge in [0.1, 0.15) is 0 Å². The van der Waals surface area contributed by atoms with E-state index in [1.165, 1.54) is 30.4 Å². The summed E-state index contributed by atoms with van der Waals surface area (Å²) in [5, 5.41) is 5.28. The molecule has 0 bridgehead atoms. The first-order valence-electron chi connectivity index (χ1n) is 6.23. The molecule has 0 atom stereocenters. The molecule has 0 aliphatic carbocycles. The largest absolute Gasteiger partial charge is 0.326 e. The van der Waals surface area contributed by atoms with E-state index in [0.29, 0.717) is 12.1 Å². The molecular formula is C13H15N3O3S2. The van der Waals surface area contributed by atoms with Gasteiger partial charge in [0.15, 0.2) is 0 Å². The Hall–Kier alpha value is -1.77. The zero-order valence-corrected chi connectivity index (χ0v) is 13.0. The number of nitrogens with one attached hydrogen (secondary N) is 2.